The third-order valence-electron chi connectivity index (χ3n) is 3.33. The fourth-order valence-corrected chi connectivity index (χ4v) is 2.70. The topological polar surface area (TPSA) is 56.5 Å². The molecule has 0 unspecified atom stereocenters. The Bertz CT molecular complexity index is 696. The van der Waals surface area contributed by atoms with Crippen LogP contribution in [0, 0.1) is 0 Å². The molecule has 0 saturated heterocycles. The lowest BCUT2D eigenvalue weighted by molar-refractivity contribution is 0.279. The number of thiocarbonyl (C=S) groups is 1. The van der Waals surface area contributed by atoms with Crippen molar-refractivity contribution < 1.29 is 9.47 Å². The summed E-state index contributed by atoms with van der Waals surface area (Å²) >= 11 is 16.7. The molecule has 3 N–H and O–H groups in total. The van der Waals surface area contributed by atoms with Gasteiger partial charge in [-0.15, -0.1) is 0 Å². The Kier molecular flexibility index (Phi) is 8.12. The van der Waals surface area contributed by atoms with Crippen molar-refractivity contribution in [2.75, 3.05) is 18.5 Å². The monoisotopic (exact) mass is 398 g/mol. The third kappa shape index (κ3) is 7.38. The molecule has 0 aliphatic heterocycles. The van der Waals surface area contributed by atoms with Crippen LogP contribution < -0.4 is 20.5 Å². The summed E-state index contributed by atoms with van der Waals surface area (Å²) in [7, 11) is 0. The summed E-state index contributed by atoms with van der Waals surface area (Å²) in [5.74, 6) is 1.48. The Morgan fingerprint density at radius 2 is 1.64 bits per heavy atom. The molecule has 4 nitrogen and oxygen atoms in total. The van der Waals surface area contributed by atoms with Crippen LogP contribution in [0.4, 0.5) is 5.69 Å². The highest BCUT2D eigenvalue weighted by Gasteiger charge is 2.02. The number of rotatable bonds is 9. The molecule has 134 valence electrons. The van der Waals surface area contributed by atoms with Crippen LogP contribution in [0.2, 0.25) is 10.0 Å². The van der Waals surface area contributed by atoms with Crippen LogP contribution in [0.15, 0.2) is 42.5 Å². The largest absolute Gasteiger partial charge is 0.494 e. The number of nitrogens with two attached hydrogens (primary N) is 1. The van der Waals surface area contributed by atoms with Gasteiger partial charge in [-0.1, -0.05) is 23.2 Å². The minimum Gasteiger partial charge on any atom is -0.494 e. The number of halogens is 2. The van der Waals surface area contributed by atoms with E-state index >= 15 is 0 Å². The van der Waals surface area contributed by atoms with E-state index in [0.717, 1.165) is 30.7 Å². The van der Waals surface area contributed by atoms with E-state index in [1.54, 1.807) is 18.2 Å². The molecular formula is C18H20Cl2N2O2S. The summed E-state index contributed by atoms with van der Waals surface area (Å²) in [6.07, 6.45) is 2.88. The zero-order chi connectivity index (χ0) is 18.1. The summed E-state index contributed by atoms with van der Waals surface area (Å²) in [6, 6.07) is 12.7. The predicted octanol–water partition coefficient (Wildman–Crippen LogP) is 5.28. The van der Waals surface area contributed by atoms with Gasteiger partial charge in [0.25, 0.3) is 0 Å². The van der Waals surface area contributed by atoms with Crippen LogP contribution >= 0.6 is 35.4 Å². The lowest BCUT2D eigenvalue weighted by atomic mass is 10.2. The van der Waals surface area contributed by atoms with Crippen molar-refractivity contribution in [2.24, 2.45) is 5.73 Å². The van der Waals surface area contributed by atoms with Crippen molar-refractivity contribution >= 4 is 46.2 Å². The third-order valence-corrected chi connectivity index (χ3v) is 3.96. The van der Waals surface area contributed by atoms with E-state index in [2.05, 4.69) is 5.32 Å². The molecule has 0 atom stereocenters. The van der Waals surface area contributed by atoms with Gasteiger partial charge in [0.2, 0.25) is 0 Å². The zero-order valence-corrected chi connectivity index (χ0v) is 16.0. The smallest absolute Gasteiger partial charge is 0.168 e. The first kappa shape index (κ1) is 19.6. The number of benzene rings is 2. The zero-order valence-electron chi connectivity index (χ0n) is 13.6. The van der Waals surface area contributed by atoms with Gasteiger partial charge in [-0.05, 0) is 73.9 Å². The van der Waals surface area contributed by atoms with E-state index in [-0.39, 0.29) is 5.11 Å². The maximum Gasteiger partial charge on any atom is 0.168 e. The molecular weight excluding hydrogens is 379 g/mol. The van der Waals surface area contributed by atoms with Crippen molar-refractivity contribution in [3.05, 3.63) is 52.5 Å². The first-order chi connectivity index (χ1) is 12.0. The fraction of sp³-hybridized carbons (Fsp3) is 0.278. The Morgan fingerprint density at radius 1 is 0.960 bits per heavy atom. The Balaban J connectivity index is 1.58. The number of hydrogen-bond acceptors (Lipinski definition) is 3. The van der Waals surface area contributed by atoms with E-state index in [9.17, 15) is 0 Å². The normalized spacial score (nSPS) is 10.3. The second-order valence-corrected chi connectivity index (χ2v) is 6.63. The van der Waals surface area contributed by atoms with Crippen molar-refractivity contribution in [3.8, 4) is 11.5 Å². The Hall–Kier alpha value is -1.69. The van der Waals surface area contributed by atoms with Gasteiger partial charge in [0, 0.05) is 10.7 Å². The molecule has 0 fully saturated rings. The molecule has 0 aliphatic carbocycles. The van der Waals surface area contributed by atoms with Gasteiger partial charge >= 0.3 is 0 Å². The van der Waals surface area contributed by atoms with Crippen LogP contribution in [-0.4, -0.2) is 18.3 Å². The number of unbranched alkanes of at least 4 members (excludes halogenated alkanes) is 2. The number of anilines is 1. The molecule has 0 heterocycles. The summed E-state index contributed by atoms with van der Waals surface area (Å²) < 4.78 is 11.3. The molecule has 2 rings (SSSR count). The van der Waals surface area contributed by atoms with Crippen LogP contribution in [0.1, 0.15) is 19.3 Å². The highest BCUT2D eigenvalue weighted by atomic mass is 35.5. The van der Waals surface area contributed by atoms with E-state index in [1.165, 1.54) is 0 Å². The SMILES string of the molecule is NC(=S)Nc1ccc(OCCCCCOc2ccc(Cl)cc2Cl)cc1. The first-order valence-corrected chi connectivity index (χ1v) is 9.08. The molecule has 2 aromatic rings. The van der Waals surface area contributed by atoms with Gasteiger partial charge in [-0.25, -0.2) is 0 Å². The number of nitrogens with one attached hydrogen (secondary N) is 1. The van der Waals surface area contributed by atoms with E-state index in [4.69, 9.17) is 50.6 Å². The predicted molar refractivity (Wildman–Crippen MR) is 108 cm³/mol. The molecule has 0 bridgehead atoms. The second kappa shape index (κ2) is 10.3. The van der Waals surface area contributed by atoms with E-state index in [0.29, 0.717) is 29.0 Å². The van der Waals surface area contributed by atoms with Crippen molar-refractivity contribution in [2.45, 2.75) is 19.3 Å². The van der Waals surface area contributed by atoms with Gasteiger partial charge in [0.1, 0.15) is 11.5 Å². The van der Waals surface area contributed by atoms with Gasteiger partial charge in [-0.3, -0.25) is 0 Å². The van der Waals surface area contributed by atoms with E-state index < -0.39 is 0 Å². The minimum atomic E-state index is 0.246. The standard InChI is InChI=1S/C18H20Cl2N2O2S/c19-13-4-9-17(16(20)12-13)24-11-3-1-2-10-23-15-7-5-14(6-8-15)22-18(21)25/h4-9,12H,1-3,10-11H2,(H3,21,22,25). The molecule has 0 aromatic heterocycles. The minimum absolute atomic E-state index is 0.246. The first-order valence-electron chi connectivity index (χ1n) is 7.92. The molecule has 25 heavy (non-hydrogen) atoms. The van der Waals surface area contributed by atoms with E-state index in [1.807, 2.05) is 24.3 Å². The quantitative estimate of drug-likeness (QED) is 0.444. The van der Waals surface area contributed by atoms with Crippen LogP contribution in [-0.2, 0) is 0 Å². The fourth-order valence-electron chi connectivity index (χ4n) is 2.12. The van der Waals surface area contributed by atoms with Crippen molar-refractivity contribution in [1.82, 2.24) is 0 Å². The molecule has 2 aromatic carbocycles. The molecule has 0 spiro atoms. The second-order valence-electron chi connectivity index (χ2n) is 5.35. The molecule has 0 saturated carbocycles. The number of ether oxygens (including phenoxy) is 2. The van der Waals surface area contributed by atoms with Crippen molar-refractivity contribution in [1.29, 1.82) is 0 Å². The summed E-state index contributed by atoms with van der Waals surface area (Å²) in [5, 5.41) is 4.24. The molecule has 7 heteroatoms. The lowest BCUT2D eigenvalue weighted by Crippen LogP contribution is -2.18. The van der Waals surface area contributed by atoms with Crippen LogP contribution in [0.25, 0.3) is 0 Å². The highest BCUT2D eigenvalue weighted by molar-refractivity contribution is 7.80. The van der Waals surface area contributed by atoms with Crippen molar-refractivity contribution in [3.63, 3.8) is 0 Å². The van der Waals surface area contributed by atoms with Gasteiger partial charge in [-0.2, -0.15) is 0 Å². The van der Waals surface area contributed by atoms with Crippen LogP contribution in [0.3, 0.4) is 0 Å². The average molecular weight is 399 g/mol. The Labute approximate surface area is 163 Å². The van der Waals surface area contributed by atoms with Gasteiger partial charge < -0.3 is 20.5 Å². The summed E-state index contributed by atoms with van der Waals surface area (Å²) in [6.45, 7) is 1.27. The lowest BCUT2D eigenvalue weighted by Gasteiger charge is -2.09. The average Bonchev–Trinajstić information content (AvgIpc) is 2.56. The maximum atomic E-state index is 6.05. The van der Waals surface area contributed by atoms with Crippen LogP contribution in [0.5, 0.6) is 11.5 Å². The molecule has 0 amide bonds. The van der Waals surface area contributed by atoms with Gasteiger partial charge in [0.15, 0.2) is 5.11 Å². The number of hydrogen-bond donors (Lipinski definition) is 2. The molecule has 0 aliphatic rings. The summed E-state index contributed by atoms with van der Waals surface area (Å²) in [4.78, 5) is 0. The van der Waals surface area contributed by atoms with Gasteiger partial charge in [0.05, 0.1) is 18.2 Å². The maximum absolute atomic E-state index is 6.05. The molecule has 0 radical (unpaired) electrons. The highest BCUT2D eigenvalue weighted by Crippen LogP contribution is 2.27. The Morgan fingerprint density at radius 3 is 2.28 bits per heavy atom. The summed E-state index contributed by atoms with van der Waals surface area (Å²) in [5.41, 5.74) is 6.26.